The topological polar surface area (TPSA) is 41.5 Å². The fourth-order valence-electron chi connectivity index (χ4n) is 1.62. The van der Waals surface area contributed by atoms with E-state index in [0.29, 0.717) is 30.3 Å². The highest BCUT2D eigenvalue weighted by Gasteiger charge is 2.15. The Morgan fingerprint density at radius 1 is 1.20 bits per heavy atom. The van der Waals surface area contributed by atoms with Crippen molar-refractivity contribution in [3.63, 3.8) is 0 Å². The van der Waals surface area contributed by atoms with Gasteiger partial charge in [0.25, 0.3) is 0 Å². The molecule has 0 atom stereocenters. The van der Waals surface area contributed by atoms with Gasteiger partial charge in [-0.05, 0) is 40.7 Å². The second kappa shape index (κ2) is 6.79. The molecule has 4 heteroatoms. The minimum Gasteiger partial charge on any atom is -0.492 e. The van der Waals surface area contributed by atoms with E-state index in [9.17, 15) is 5.11 Å². The molecule has 3 nitrogen and oxygen atoms in total. The van der Waals surface area contributed by atoms with Crippen LogP contribution in [0.25, 0.3) is 0 Å². The highest BCUT2D eigenvalue weighted by atomic mass is 35.5. The SMILES string of the molecule is CC(C)(O)CCOc1c(Cl)cccc1CNC(C)(C)C. The fraction of sp³-hybridized carbons (Fsp3) is 0.625. The lowest BCUT2D eigenvalue weighted by Gasteiger charge is -2.23. The van der Waals surface area contributed by atoms with Crippen LogP contribution in [0.3, 0.4) is 0 Å². The van der Waals surface area contributed by atoms with Gasteiger partial charge in [-0.1, -0.05) is 23.7 Å². The summed E-state index contributed by atoms with van der Waals surface area (Å²) in [4.78, 5) is 0. The average molecular weight is 300 g/mol. The first-order chi connectivity index (χ1) is 9.08. The molecule has 20 heavy (non-hydrogen) atoms. The number of ether oxygens (including phenoxy) is 1. The van der Waals surface area contributed by atoms with E-state index in [1.807, 2.05) is 18.2 Å². The molecule has 0 aromatic heterocycles. The number of benzene rings is 1. The van der Waals surface area contributed by atoms with Crippen molar-refractivity contribution < 1.29 is 9.84 Å². The van der Waals surface area contributed by atoms with Gasteiger partial charge < -0.3 is 15.2 Å². The molecule has 2 N–H and O–H groups in total. The fourth-order valence-corrected chi connectivity index (χ4v) is 1.87. The zero-order valence-electron chi connectivity index (χ0n) is 13.1. The average Bonchev–Trinajstić information content (AvgIpc) is 2.26. The summed E-state index contributed by atoms with van der Waals surface area (Å²) in [5.41, 5.74) is 0.334. The van der Waals surface area contributed by atoms with Crippen molar-refractivity contribution in [3.8, 4) is 5.75 Å². The van der Waals surface area contributed by atoms with E-state index in [4.69, 9.17) is 16.3 Å². The van der Waals surface area contributed by atoms with E-state index in [2.05, 4.69) is 26.1 Å². The molecule has 1 aromatic carbocycles. The maximum atomic E-state index is 9.72. The molecule has 0 spiro atoms. The first kappa shape index (κ1) is 17.3. The van der Waals surface area contributed by atoms with Crippen LogP contribution in [0.15, 0.2) is 18.2 Å². The van der Waals surface area contributed by atoms with Gasteiger partial charge in [0.2, 0.25) is 0 Å². The van der Waals surface area contributed by atoms with Gasteiger partial charge >= 0.3 is 0 Å². The van der Waals surface area contributed by atoms with E-state index >= 15 is 0 Å². The smallest absolute Gasteiger partial charge is 0.142 e. The van der Waals surface area contributed by atoms with Gasteiger partial charge in [0.15, 0.2) is 0 Å². The van der Waals surface area contributed by atoms with E-state index in [1.165, 1.54) is 0 Å². The van der Waals surface area contributed by atoms with Crippen LogP contribution in [-0.4, -0.2) is 22.9 Å². The Morgan fingerprint density at radius 2 is 1.85 bits per heavy atom. The summed E-state index contributed by atoms with van der Waals surface area (Å²) in [6.45, 7) is 11.0. The zero-order chi connectivity index (χ0) is 15.4. The molecule has 1 aromatic rings. The Balaban J connectivity index is 2.73. The predicted octanol–water partition coefficient (Wildman–Crippen LogP) is 3.77. The Bertz CT molecular complexity index is 433. The summed E-state index contributed by atoms with van der Waals surface area (Å²) in [6, 6.07) is 5.75. The molecule has 114 valence electrons. The molecule has 0 fully saturated rings. The Kier molecular flexibility index (Phi) is 5.87. The molecular weight excluding hydrogens is 274 g/mol. The summed E-state index contributed by atoms with van der Waals surface area (Å²) in [5.74, 6) is 0.704. The minimum atomic E-state index is -0.731. The van der Waals surface area contributed by atoms with Crippen LogP contribution >= 0.6 is 11.6 Å². The van der Waals surface area contributed by atoms with E-state index < -0.39 is 5.60 Å². The van der Waals surface area contributed by atoms with Crippen molar-refractivity contribution >= 4 is 11.6 Å². The van der Waals surface area contributed by atoms with E-state index in [0.717, 1.165) is 5.56 Å². The number of halogens is 1. The van der Waals surface area contributed by atoms with E-state index in [1.54, 1.807) is 13.8 Å². The Labute approximate surface area is 127 Å². The number of aliphatic hydroxyl groups is 1. The third-order valence-corrected chi connectivity index (χ3v) is 3.12. The standard InChI is InChI=1S/C16H26ClNO2/c1-15(2,3)18-11-12-7-6-8-13(17)14(12)20-10-9-16(4,5)19/h6-8,18-19H,9-11H2,1-5H3. The molecule has 0 bridgehead atoms. The number of hydrogen-bond donors (Lipinski definition) is 2. The predicted molar refractivity (Wildman–Crippen MR) is 84.5 cm³/mol. The third-order valence-electron chi connectivity index (χ3n) is 2.82. The number of rotatable bonds is 6. The van der Waals surface area contributed by atoms with Gasteiger partial charge in [0, 0.05) is 24.1 Å². The van der Waals surface area contributed by atoms with Gasteiger partial charge in [-0.3, -0.25) is 0 Å². The summed E-state index contributed by atoms with van der Waals surface area (Å²) in [5, 5.41) is 13.7. The largest absolute Gasteiger partial charge is 0.492 e. The molecule has 0 unspecified atom stereocenters. The molecule has 0 amide bonds. The van der Waals surface area contributed by atoms with Gasteiger partial charge in [-0.15, -0.1) is 0 Å². The molecule has 0 aliphatic heterocycles. The maximum absolute atomic E-state index is 9.72. The lowest BCUT2D eigenvalue weighted by Crippen LogP contribution is -2.35. The molecule has 0 radical (unpaired) electrons. The van der Waals surface area contributed by atoms with Crippen molar-refractivity contribution in [2.45, 2.75) is 58.7 Å². The molecule has 0 aliphatic rings. The number of para-hydroxylation sites is 1. The molecule has 0 saturated heterocycles. The van der Waals surface area contributed by atoms with Crippen LogP contribution in [-0.2, 0) is 6.54 Å². The van der Waals surface area contributed by atoms with Crippen molar-refractivity contribution in [2.75, 3.05) is 6.61 Å². The monoisotopic (exact) mass is 299 g/mol. The van der Waals surface area contributed by atoms with Crippen LogP contribution < -0.4 is 10.1 Å². The number of nitrogens with one attached hydrogen (secondary N) is 1. The first-order valence-corrected chi connectivity index (χ1v) is 7.34. The second-order valence-electron chi connectivity index (χ2n) is 6.74. The molecule has 1 rings (SSSR count). The molecule has 0 aliphatic carbocycles. The van der Waals surface area contributed by atoms with Gasteiger partial charge in [0.1, 0.15) is 5.75 Å². The van der Waals surface area contributed by atoms with Crippen molar-refractivity contribution in [1.82, 2.24) is 5.32 Å². The normalized spacial score (nSPS) is 12.6. The van der Waals surface area contributed by atoms with Crippen molar-refractivity contribution in [1.29, 1.82) is 0 Å². The van der Waals surface area contributed by atoms with Gasteiger partial charge in [-0.2, -0.15) is 0 Å². The summed E-state index contributed by atoms with van der Waals surface area (Å²) in [6.07, 6.45) is 0.560. The van der Waals surface area contributed by atoms with Gasteiger partial charge in [0.05, 0.1) is 17.2 Å². The highest BCUT2D eigenvalue weighted by Crippen LogP contribution is 2.29. The number of hydrogen-bond acceptors (Lipinski definition) is 3. The Hall–Kier alpha value is -0.770. The quantitative estimate of drug-likeness (QED) is 0.840. The lowest BCUT2D eigenvalue weighted by atomic mass is 10.1. The maximum Gasteiger partial charge on any atom is 0.142 e. The summed E-state index contributed by atoms with van der Waals surface area (Å²) < 4.78 is 5.78. The van der Waals surface area contributed by atoms with Crippen LogP contribution in [0, 0.1) is 0 Å². The lowest BCUT2D eigenvalue weighted by molar-refractivity contribution is 0.0552. The zero-order valence-corrected chi connectivity index (χ0v) is 13.8. The van der Waals surface area contributed by atoms with Crippen molar-refractivity contribution in [2.24, 2.45) is 0 Å². The highest BCUT2D eigenvalue weighted by molar-refractivity contribution is 6.32. The first-order valence-electron chi connectivity index (χ1n) is 6.96. The summed E-state index contributed by atoms with van der Waals surface area (Å²) >= 11 is 6.21. The third kappa shape index (κ3) is 6.60. The molecule has 0 saturated carbocycles. The van der Waals surface area contributed by atoms with Crippen LogP contribution in [0.5, 0.6) is 5.75 Å². The summed E-state index contributed by atoms with van der Waals surface area (Å²) in [7, 11) is 0. The molecule has 0 heterocycles. The minimum absolute atomic E-state index is 0.0344. The second-order valence-corrected chi connectivity index (χ2v) is 7.15. The van der Waals surface area contributed by atoms with Crippen LogP contribution in [0.2, 0.25) is 5.02 Å². The van der Waals surface area contributed by atoms with E-state index in [-0.39, 0.29) is 5.54 Å². The van der Waals surface area contributed by atoms with Crippen LogP contribution in [0.4, 0.5) is 0 Å². The van der Waals surface area contributed by atoms with Crippen molar-refractivity contribution in [3.05, 3.63) is 28.8 Å². The van der Waals surface area contributed by atoms with Gasteiger partial charge in [-0.25, -0.2) is 0 Å². The van der Waals surface area contributed by atoms with Crippen LogP contribution in [0.1, 0.15) is 46.6 Å². The Morgan fingerprint density at radius 3 is 2.40 bits per heavy atom. The molecular formula is C16H26ClNO2.